The molecular formula is C24H46O5. The van der Waals surface area contributed by atoms with Crippen LogP contribution < -0.4 is 0 Å². The molecule has 4 atom stereocenters. The molecule has 0 bridgehead atoms. The third-order valence-corrected chi connectivity index (χ3v) is 5.68. The topological polar surface area (TPSA) is 79.2 Å². The highest BCUT2D eigenvalue weighted by atomic mass is 16.6. The lowest BCUT2D eigenvalue weighted by Crippen LogP contribution is -2.42. The number of hydrogen-bond donors (Lipinski definition) is 3. The summed E-state index contributed by atoms with van der Waals surface area (Å²) in [7, 11) is 0. The molecule has 5 heteroatoms. The van der Waals surface area contributed by atoms with E-state index >= 15 is 0 Å². The maximum atomic E-state index is 9.89. The summed E-state index contributed by atoms with van der Waals surface area (Å²) in [6.07, 6.45) is 19.6. The zero-order valence-corrected chi connectivity index (χ0v) is 18.6. The van der Waals surface area contributed by atoms with Gasteiger partial charge in [-0.1, -0.05) is 83.3 Å². The summed E-state index contributed by atoms with van der Waals surface area (Å²) in [4.78, 5) is 0. The molecule has 0 spiro atoms. The molecule has 0 radical (unpaired) electrons. The minimum atomic E-state index is -1.00. The van der Waals surface area contributed by atoms with Crippen LogP contribution in [-0.2, 0) is 9.47 Å². The Hall–Kier alpha value is -0.460. The molecule has 1 saturated heterocycles. The van der Waals surface area contributed by atoms with E-state index in [9.17, 15) is 10.2 Å². The van der Waals surface area contributed by atoms with Crippen LogP contribution in [0, 0.1) is 0 Å². The van der Waals surface area contributed by atoms with E-state index in [1.165, 1.54) is 77.0 Å². The van der Waals surface area contributed by atoms with E-state index in [2.05, 4.69) is 19.1 Å². The normalized spacial score (nSPS) is 23.2. The fourth-order valence-corrected chi connectivity index (χ4v) is 3.84. The predicted octanol–water partition coefficient (Wildman–Crippen LogP) is 4.52. The summed E-state index contributed by atoms with van der Waals surface area (Å²) in [5.74, 6) is 0. The second kappa shape index (κ2) is 18.3. The molecule has 0 aliphatic carbocycles. The lowest BCUT2D eigenvalue weighted by Gasteiger charge is -2.23. The molecule has 0 aromatic carbocycles. The molecule has 3 N–H and O–H groups in total. The van der Waals surface area contributed by atoms with Crippen LogP contribution in [0.15, 0.2) is 12.2 Å². The molecule has 172 valence electrons. The van der Waals surface area contributed by atoms with Crippen molar-refractivity contribution in [3.8, 4) is 0 Å². The van der Waals surface area contributed by atoms with E-state index in [0.29, 0.717) is 6.61 Å². The maximum Gasteiger partial charge on any atom is 0.114 e. The van der Waals surface area contributed by atoms with Gasteiger partial charge < -0.3 is 24.8 Å². The van der Waals surface area contributed by atoms with Crippen molar-refractivity contribution < 1.29 is 24.8 Å². The van der Waals surface area contributed by atoms with Gasteiger partial charge in [-0.15, -0.1) is 0 Å². The minimum Gasteiger partial charge on any atom is -0.394 e. The van der Waals surface area contributed by atoms with Gasteiger partial charge in [0.25, 0.3) is 0 Å². The molecule has 1 heterocycles. The van der Waals surface area contributed by atoms with Crippen LogP contribution in [0.1, 0.15) is 96.8 Å². The van der Waals surface area contributed by atoms with E-state index in [0.717, 1.165) is 12.8 Å². The van der Waals surface area contributed by atoms with Gasteiger partial charge in [0.05, 0.1) is 13.2 Å². The summed E-state index contributed by atoms with van der Waals surface area (Å²) in [6, 6.07) is 0. The number of unbranched alkanes of at least 4 members (excludes halogenated alkanes) is 12. The standard InChI is InChI=1S/C24H46O5/c1-2-3-4-5-6-7-8-9-10-11-12-13-14-15-16-17-18-28-24-22(27)20-29-23(24)21(26)19-25/h4-5,21-27H,2-3,6-20H2,1H3/b5-4+/t21-,22+,23+,24+/m0/s1. The summed E-state index contributed by atoms with van der Waals surface area (Å²) < 4.78 is 11.0. The fraction of sp³-hybridized carbons (Fsp3) is 0.917. The zero-order chi connectivity index (χ0) is 21.2. The first-order valence-electron chi connectivity index (χ1n) is 12.1. The van der Waals surface area contributed by atoms with Gasteiger partial charge in [0.2, 0.25) is 0 Å². The van der Waals surface area contributed by atoms with Crippen molar-refractivity contribution in [1.82, 2.24) is 0 Å². The highest BCUT2D eigenvalue weighted by molar-refractivity contribution is 4.89. The lowest BCUT2D eigenvalue weighted by molar-refractivity contribution is -0.0938. The Balaban J connectivity index is 1.84. The minimum absolute atomic E-state index is 0.155. The Kier molecular flexibility index (Phi) is 16.8. The van der Waals surface area contributed by atoms with Crippen LogP contribution >= 0.6 is 0 Å². The molecule has 1 rings (SSSR count). The van der Waals surface area contributed by atoms with Crippen molar-refractivity contribution >= 4 is 0 Å². The van der Waals surface area contributed by atoms with Crippen LogP contribution in [0.25, 0.3) is 0 Å². The highest BCUT2D eigenvalue weighted by Crippen LogP contribution is 2.21. The highest BCUT2D eigenvalue weighted by Gasteiger charge is 2.40. The fourth-order valence-electron chi connectivity index (χ4n) is 3.84. The smallest absolute Gasteiger partial charge is 0.114 e. The Morgan fingerprint density at radius 2 is 1.45 bits per heavy atom. The molecule has 1 fully saturated rings. The van der Waals surface area contributed by atoms with E-state index < -0.39 is 24.4 Å². The lowest BCUT2D eigenvalue weighted by atomic mass is 10.0. The SMILES string of the molecule is CCC/C=C/CCCCCCCCCCCCCO[C@H]1[C@@H]([C@@H](O)CO)OC[C@H]1O. The molecule has 0 saturated carbocycles. The Bertz CT molecular complexity index is 387. The molecule has 0 aromatic rings. The van der Waals surface area contributed by atoms with E-state index in [4.69, 9.17) is 14.6 Å². The summed E-state index contributed by atoms with van der Waals surface area (Å²) in [5, 5.41) is 28.7. The van der Waals surface area contributed by atoms with Crippen LogP contribution in [0.4, 0.5) is 0 Å². The van der Waals surface area contributed by atoms with Crippen LogP contribution in [-0.4, -0.2) is 59.6 Å². The summed E-state index contributed by atoms with van der Waals surface area (Å²) >= 11 is 0. The first-order chi connectivity index (χ1) is 14.2. The van der Waals surface area contributed by atoms with Gasteiger partial charge in [-0.05, 0) is 25.7 Å². The monoisotopic (exact) mass is 414 g/mol. The van der Waals surface area contributed by atoms with Gasteiger partial charge in [-0.2, -0.15) is 0 Å². The molecule has 1 aliphatic heterocycles. The van der Waals surface area contributed by atoms with E-state index in [1.807, 2.05) is 0 Å². The largest absolute Gasteiger partial charge is 0.394 e. The van der Waals surface area contributed by atoms with Crippen LogP contribution in [0.5, 0.6) is 0 Å². The predicted molar refractivity (Wildman–Crippen MR) is 118 cm³/mol. The summed E-state index contributed by atoms with van der Waals surface area (Å²) in [5.41, 5.74) is 0. The third-order valence-electron chi connectivity index (χ3n) is 5.68. The van der Waals surface area contributed by atoms with Gasteiger partial charge in [0.1, 0.15) is 24.4 Å². The van der Waals surface area contributed by atoms with Gasteiger partial charge in [-0.25, -0.2) is 0 Å². The van der Waals surface area contributed by atoms with Crippen LogP contribution in [0.2, 0.25) is 0 Å². The maximum absolute atomic E-state index is 9.89. The second-order valence-electron chi connectivity index (χ2n) is 8.39. The number of aliphatic hydroxyl groups is 3. The molecule has 0 amide bonds. The Morgan fingerprint density at radius 3 is 2.03 bits per heavy atom. The first kappa shape index (κ1) is 26.6. The number of aliphatic hydroxyl groups excluding tert-OH is 3. The van der Waals surface area contributed by atoms with E-state index in [1.54, 1.807) is 0 Å². The summed E-state index contributed by atoms with van der Waals surface area (Å²) in [6.45, 7) is 2.56. The van der Waals surface area contributed by atoms with Gasteiger partial charge in [-0.3, -0.25) is 0 Å². The van der Waals surface area contributed by atoms with Crippen molar-refractivity contribution in [2.75, 3.05) is 19.8 Å². The zero-order valence-electron chi connectivity index (χ0n) is 18.6. The van der Waals surface area contributed by atoms with E-state index in [-0.39, 0.29) is 13.2 Å². The molecular weight excluding hydrogens is 368 g/mol. The number of rotatable bonds is 19. The molecule has 0 aromatic heterocycles. The van der Waals surface area contributed by atoms with Gasteiger partial charge in [0.15, 0.2) is 0 Å². The molecule has 1 aliphatic rings. The average Bonchev–Trinajstić information content (AvgIpc) is 3.10. The Morgan fingerprint density at radius 1 is 0.897 bits per heavy atom. The van der Waals surface area contributed by atoms with Crippen LogP contribution in [0.3, 0.4) is 0 Å². The average molecular weight is 415 g/mol. The van der Waals surface area contributed by atoms with Gasteiger partial charge >= 0.3 is 0 Å². The Labute approximate surface area is 178 Å². The second-order valence-corrected chi connectivity index (χ2v) is 8.39. The number of allylic oxidation sites excluding steroid dienone is 2. The van der Waals surface area contributed by atoms with Crippen molar-refractivity contribution in [3.05, 3.63) is 12.2 Å². The van der Waals surface area contributed by atoms with Crippen molar-refractivity contribution in [1.29, 1.82) is 0 Å². The van der Waals surface area contributed by atoms with Crippen molar-refractivity contribution in [3.63, 3.8) is 0 Å². The van der Waals surface area contributed by atoms with Crippen molar-refractivity contribution in [2.24, 2.45) is 0 Å². The quantitative estimate of drug-likeness (QED) is 0.214. The molecule has 29 heavy (non-hydrogen) atoms. The molecule has 0 unspecified atom stereocenters. The van der Waals surface area contributed by atoms with Gasteiger partial charge in [0, 0.05) is 6.61 Å². The number of ether oxygens (including phenoxy) is 2. The first-order valence-corrected chi connectivity index (χ1v) is 12.1. The van der Waals surface area contributed by atoms with Crippen molar-refractivity contribution in [2.45, 2.75) is 121 Å². The third kappa shape index (κ3) is 12.7. The molecule has 5 nitrogen and oxygen atoms in total. The number of hydrogen-bond acceptors (Lipinski definition) is 5.